The third kappa shape index (κ3) is 1.28. The van der Waals surface area contributed by atoms with E-state index < -0.39 is 30.0 Å². The average Bonchev–Trinajstić information content (AvgIpc) is 2.95. The zero-order chi connectivity index (χ0) is 19.3. The number of aliphatic hydroxyl groups is 1. The molecule has 22 heavy (non-hydrogen) atoms. The number of methoxy groups -OCH3 is 1. The molecule has 1 saturated heterocycles. The molecule has 2 unspecified atom stereocenters. The molecule has 2 aliphatic carbocycles. The first-order valence-corrected chi connectivity index (χ1v) is 7.70. The standard InChI is InChI=1S/C18H21NO3/c1-19-8-7-18-11-4-5-13(20)17(18)22-16-14(21-2)6-3-10(15(16)18)9-12(11)19/h3-6,11-13,17,20H,7-9H2,1-2H3/t11-,12+,13?,17?,18-/m0/s1/i3D,6D,9D2,20D. The fraction of sp³-hybridized carbons (Fsp3) is 0.556. The number of nitrogens with zero attached hydrogens (tertiary/aromatic N) is 1. The highest BCUT2D eigenvalue weighted by molar-refractivity contribution is 5.62. The lowest BCUT2D eigenvalue weighted by Crippen LogP contribution is -2.64. The zero-order valence-electron chi connectivity index (χ0n) is 17.6. The van der Waals surface area contributed by atoms with Crippen LogP contribution in [0.15, 0.2) is 24.2 Å². The van der Waals surface area contributed by atoms with E-state index in [9.17, 15) is 0 Å². The number of hydrogen-bond acceptors (Lipinski definition) is 4. The van der Waals surface area contributed by atoms with Crippen molar-refractivity contribution in [3.8, 4) is 11.5 Å². The molecular formula is C18H21NO3. The second-order valence-corrected chi connectivity index (χ2v) is 6.64. The minimum Gasteiger partial charge on any atom is -0.493 e. The molecule has 4 heteroatoms. The SMILES string of the molecule is [2H]OC1C=C[C@H]2[C@@H]3N(C)CC[C@@]24c2c(c(OC)c([2H])c([2H])c2C3([2H])[2H])OC14. The molecule has 2 heterocycles. The van der Waals surface area contributed by atoms with E-state index in [0.717, 1.165) is 0 Å². The highest BCUT2D eigenvalue weighted by Crippen LogP contribution is 2.62. The third-order valence-corrected chi connectivity index (χ3v) is 5.79. The molecule has 1 spiro atoms. The summed E-state index contributed by atoms with van der Waals surface area (Å²) in [5, 5.41) is 4.94. The quantitative estimate of drug-likeness (QED) is 0.841. The number of ether oxygens (including phenoxy) is 2. The fourth-order valence-electron chi connectivity index (χ4n) is 4.81. The summed E-state index contributed by atoms with van der Waals surface area (Å²) in [6.45, 7) is 0.677. The summed E-state index contributed by atoms with van der Waals surface area (Å²) in [6.07, 6.45) is 1.54. The topological polar surface area (TPSA) is 41.9 Å². The molecule has 116 valence electrons. The summed E-state index contributed by atoms with van der Waals surface area (Å²) in [7, 11) is 3.34. The number of benzene rings is 1. The van der Waals surface area contributed by atoms with Gasteiger partial charge in [0.25, 0.3) is 0 Å². The minimum absolute atomic E-state index is 0.143. The van der Waals surface area contributed by atoms with Gasteiger partial charge in [-0.3, -0.25) is 0 Å². The molecule has 2 aliphatic heterocycles. The van der Waals surface area contributed by atoms with E-state index in [4.69, 9.17) is 21.5 Å². The van der Waals surface area contributed by atoms with Crippen LogP contribution in [0.5, 0.6) is 11.5 Å². The molecule has 0 amide bonds. The number of rotatable bonds is 2. The van der Waals surface area contributed by atoms with E-state index in [1.165, 1.54) is 7.11 Å². The second kappa shape index (κ2) is 4.06. The normalized spacial score (nSPS) is 46.5. The highest BCUT2D eigenvalue weighted by Gasteiger charge is 2.64. The van der Waals surface area contributed by atoms with Gasteiger partial charge in [-0.05, 0) is 38.0 Å². The highest BCUT2D eigenvalue weighted by atomic mass is 16.5. The molecule has 0 aromatic heterocycles. The molecule has 4 aliphatic rings. The van der Waals surface area contributed by atoms with Gasteiger partial charge in [-0.25, -0.2) is 0 Å². The molecule has 4 nitrogen and oxygen atoms in total. The third-order valence-electron chi connectivity index (χ3n) is 5.79. The van der Waals surface area contributed by atoms with Crippen LogP contribution < -0.4 is 9.47 Å². The van der Waals surface area contributed by atoms with Crippen molar-refractivity contribution in [3.63, 3.8) is 0 Å². The van der Waals surface area contributed by atoms with Gasteiger partial charge in [-0.15, -0.1) is 0 Å². The van der Waals surface area contributed by atoms with Crippen LogP contribution in [0.3, 0.4) is 0 Å². The first-order chi connectivity index (χ1) is 12.8. The van der Waals surface area contributed by atoms with Crippen LogP contribution >= 0.6 is 0 Å². The van der Waals surface area contributed by atoms with Gasteiger partial charge in [-0.1, -0.05) is 18.2 Å². The lowest BCUT2D eigenvalue weighted by atomic mass is 9.53. The molecule has 1 fully saturated rings. The minimum atomic E-state index is -1.82. The van der Waals surface area contributed by atoms with Crippen LogP contribution in [-0.4, -0.2) is 50.4 Å². The lowest BCUT2D eigenvalue weighted by Gasteiger charge is -2.56. The Labute approximate surface area is 137 Å². The van der Waals surface area contributed by atoms with E-state index in [-0.39, 0.29) is 29.3 Å². The predicted octanol–water partition coefficient (Wildman–Crippen LogP) is 1.50. The molecule has 2 bridgehead atoms. The van der Waals surface area contributed by atoms with E-state index in [1.807, 2.05) is 18.0 Å². The Morgan fingerprint density at radius 3 is 3.27 bits per heavy atom. The Kier molecular flexibility index (Phi) is 1.65. The van der Waals surface area contributed by atoms with Crippen molar-refractivity contribution in [3.05, 3.63) is 35.4 Å². The molecule has 0 saturated carbocycles. The summed E-state index contributed by atoms with van der Waals surface area (Å²) in [6, 6.07) is -0.785. The number of hydrogen-bond donors (Lipinski definition) is 1. The fourth-order valence-corrected chi connectivity index (χ4v) is 4.81. The van der Waals surface area contributed by atoms with Crippen molar-refractivity contribution in [2.24, 2.45) is 5.92 Å². The first-order valence-electron chi connectivity index (χ1n) is 10.1. The Bertz CT molecular complexity index is 875. The van der Waals surface area contributed by atoms with Crippen molar-refractivity contribution < 1.29 is 20.1 Å². The molecule has 5 rings (SSSR count). The van der Waals surface area contributed by atoms with Crippen LogP contribution in [-0.2, 0) is 11.8 Å². The summed E-state index contributed by atoms with van der Waals surface area (Å²) in [4.78, 5) is 2.01. The Hall–Kier alpha value is -1.52. The van der Waals surface area contributed by atoms with Gasteiger partial charge in [0.05, 0.1) is 9.85 Å². The van der Waals surface area contributed by atoms with Gasteiger partial charge in [0, 0.05) is 25.7 Å². The van der Waals surface area contributed by atoms with Gasteiger partial charge < -0.3 is 19.5 Å². The maximum absolute atomic E-state index is 8.94. The van der Waals surface area contributed by atoms with Crippen molar-refractivity contribution in [1.29, 1.82) is 1.43 Å². The van der Waals surface area contributed by atoms with Crippen molar-refractivity contribution in [1.82, 2.24) is 4.90 Å². The molecule has 1 aromatic carbocycles. The number of likely N-dealkylation sites (tertiary alicyclic amines) is 1. The van der Waals surface area contributed by atoms with Gasteiger partial charge in [0.2, 0.25) is 1.43 Å². The maximum atomic E-state index is 8.94. The van der Waals surface area contributed by atoms with Crippen LogP contribution in [0, 0.1) is 5.92 Å². The lowest BCUT2D eigenvalue weighted by molar-refractivity contribution is -0.0453. The van der Waals surface area contributed by atoms with E-state index >= 15 is 0 Å². The first kappa shape index (κ1) is 8.94. The van der Waals surface area contributed by atoms with Gasteiger partial charge >= 0.3 is 0 Å². The summed E-state index contributed by atoms with van der Waals surface area (Å²) < 4.78 is 54.0. The molecular weight excluding hydrogens is 278 g/mol. The van der Waals surface area contributed by atoms with Crippen molar-refractivity contribution >= 4 is 0 Å². The summed E-state index contributed by atoms with van der Waals surface area (Å²) in [5.41, 5.74) is 0.304. The van der Waals surface area contributed by atoms with Gasteiger partial charge in [0.15, 0.2) is 11.5 Å². The average molecular weight is 304 g/mol. The van der Waals surface area contributed by atoms with Gasteiger partial charge in [0.1, 0.15) is 12.2 Å². The summed E-state index contributed by atoms with van der Waals surface area (Å²) >= 11 is 0. The van der Waals surface area contributed by atoms with Gasteiger partial charge in [-0.2, -0.15) is 0 Å². The van der Waals surface area contributed by atoms with Crippen LogP contribution in [0.1, 0.15) is 23.0 Å². The van der Waals surface area contributed by atoms with E-state index in [2.05, 4.69) is 0 Å². The Balaban J connectivity index is 1.92. The molecule has 1 aromatic rings. The number of piperidine rings is 1. The molecule has 1 N–H and O–H groups in total. The number of likely N-dealkylation sites (N-methyl/N-ethyl adjacent to an activating group) is 1. The van der Waals surface area contributed by atoms with Crippen molar-refractivity contribution in [2.45, 2.75) is 36.5 Å². The van der Waals surface area contributed by atoms with Crippen LogP contribution in [0.4, 0.5) is 0 Å². The second-order valence-electron chi connectivity index (χ2n) is 6.64. The molecule has 0 radical (unpaired) electrons. The van der Waals surface area contributed by atoms with E-state index in [1.54, 1.807) is 6.08 Å². The van der Waals surface area contributed by atoms with Crippen molar-refractivity contribution in [2.75, 3.05) is 20.7 Å². The van der Waals surface area contributed by atoms with E-state index in [0.29, 0.717) is 24.3 Å². The maximum Gasteiger partial charge on any atom is 0.211 e. The van der Waals surface area contributed by atoms with Crippen LogP contribution in [0.2, 0.25) is 0 Å². The monoisotopic (exact) mass is 304 g/mol. The largest absolute Gasteiger partial charge is 0.493 e. The summed E-state index contributed by atoms with van der Waals surface area (Å²) in [5.74, 6) is 0.344. The zero-order valence-corrected chi connectivity index (χ0v) is 12.6. The Morgan fingerprint density at radius 1 is 1.55 bits per heavy atom. The predicted molar refractivity (Wildman–Crippen MR) is 82.5 cm³/mol. The van der Waals surface area contributed by atoms with Crippen LogP contribution in [0.25, 0.3) is 0 Å². The molecule has 5 atom stereocenters. The smallest absolute Gasteiger partial charge is 0.211 e. The Morgan fingerprint density at radius 2 is 2.45 bits per heavy atom. The number of aliphatic hydroxyl groups excluding tert-OH is 1.